The second-order valence-electron chi connectivity index (χ2n) is 8.64. The van der Waals surface area contributed by atoms with Gasteiger partial charge in [-0.3, -0.25) is 0 Å². The average Bonchev–Trinajstić information content (AvgIpc) is 2.77. The highest BCUT2D eigenvalue weighted by atomic mass is 16.3. The highest BCUT2D eigenvalue weighted by Crippen LogP contribution is 2.63. The Morgan fingerprint density at radius 1 is 1.05 bits per heavy atom. The minimum absolute atomic E-state index is 0.0202. The molecular formula is C19H29NO2. The van der Waals surface area contributed by atoms with E-state index in [1.807, 2.05) is 0 Å². The van der Waals surface area contributed by atoms with Gasteiger partial charge in [0.25, 0.3) is 0 Å². The van der Waals surface area contributed by atoms with Gasteiger partial charge in [0.05, 0.1) is 12.2 Å². The fourth-order valence-corrected chi connectivity index (χ4v) is 6.09. The second-order valence-corrected chi connectivity index (χ2v) is 8.64. The summed E-state index contributed by atoms with van der Waals surface area (Å²) in [4.78, 5) is 0. The molecule has 0 spiro atoms. The van der Waals surface area contributed by atoms with E-state index in [9.17, 15) is 10.2 Å². The van der Waals surface area contributed by atoms with Crippen molar-refractivity contribution in [2.75, 3.05) is 0 Å². The zero-order valence-corrected chi connectivity index (χ0v) is 13.8. The molecule has 2 unspecified atom stereocenters. The molecule has 0 aliphatic heterocycles. The van der Waals surface area contributed by atoms with Gasteiger partial charge in [-0.15, -0.1) is 0 Å². The molecule has 0 amide bonds. The zero-order valence-electron chi connectivity index (χ0n) is 13.8. The summed E-state index contributed by atoms with van der Waals surface area (Å²) in [6.45, 7) is 4.65. The van der Waals surface area contributed by atoms with E-state index in [2.05, 4.69) is 19.9 Å². The summed E-state index contributed by atoms with van der Waals surface area (Å²) in [6, 6.07) is 0. The maximum absolute atomic E-state index is 10.5. The number of fused-ring (bicyclic) bond motifs is 5. The van der Waals surface area contributed by atoms with E-state index in [1.54, 1.807) is 0 Å². The first-order valence-electron chi connectivity index (χ1n) is 8.93. The predicted octanol–water partition coefficient (Wildman–Crippen LogP) is 2.88. The monoisotopic (exact) mass is 303 g/mol. The normalized spacial score (nSPS) is 51.0. The maximum Gasteiger partial charge on any atom is 0.0599 e. The quantitative estimate of drug-likeness (QED) is 0.644. The van der Waals surface area contributed by atoms with E-state index < -0.39 is 0 Å². The van der Waals surface area contributed by atoms with Crippen LogP contribution in [0.25, 0.3) is 0 Å². The minimum atomic E-state index is -0.198. The number of allylic oxidation sites excluding steroid dienone is 2. The van der Waals surface area contributed by atoms with Crippen LogP contribution in [0.2, 0.25) is 0 Å². The molecule has 22 heavy (non-hydrogen) atoms. The van der Waals surface area contributed by atoms with E-state index in [0.717, 1.165) is 50.6 Å². The summed E-state index contributed by atoms with van der Waals surface area (Å²) < 4.78 is 0. The molecule has 4 rings (SSSR count). The van der Waals surface area contributed by atoms with Crippen LogP contribution in [0.4, 0.5) is 0 Å². The van der Waals surface area contributed by atoms with Crippen molar-refractivity contribution in [1.29, 1.82) is 0 Å². The lowest BCUT2D eigenvalue weighted by Gasteiger charge is -2.54. The third kappa shape index (κ3) is 1.75. The molecule has 3 heteroatoms. The lowest BCUT2D eigenvalue weighted by atomic mass is 9.50. The van der Waals surface area contributed by atoms with Gasteiger partial charge >= 0.3 is 0 Å². The van der Waals surface area contributed by atoms with E-state index in [1.165, 1.54) is 11.1 Å². The number of hydrogen-bond acceptors (Lipinski definition) is 3. The molecule has 3 fully saturated rings. The summed E-state index contributed by atoms with van der Waals surface area (Å²) in [7, 11) is 0. The summed E-state index contributed by atoms with van der Waals surface area (Å²) in [5, 5.41) is 20.5. The number of aliphatic hydroxyl groups is 2. The van der Waals surface area contributed by atoms with Gasteiger partial charge in [0.1, 0.15) is 0 Å². The van der Waals surface area contributed by atoms with Crippen LogP contribution in [0.3, 0.4) is 0 Å². The average molecular weight is 303 g/mol. The van der Waals surface area contributed by atoms with Crippen molar-refractivity contribution < 1.29 is 10.2 Å². The highest BCUT2D eigenvalue weighted by Gasteiger charge is 2.57. The van der Waals surface area contributed by atoms with Crippen LogP contribution in [0, 0.1) is 22.7 Å². The first kappa shape index (κ1) is 14.8. The molecular weight excluding hydrogens is 274 g/mol. The predicted molar refractivity (Wildman–Crippen MR) is 86.8 cm³/mol. The first-order chi connectivity index (χ1) is 10.4. The third-order valence-corrected chi connectivity index (χ3v) is 7.63. The number of rotatable bonds is 0. The van der Waals surface area contributed by atoms with Gasteiger partial charge < -0.3 is 15.9 Å². The lowest BCUT2D eigenvalue weighted by molar-refractivity contribution is 0.000637. The van der Waals surface area contributed by atoms with Crippen LogP contribution < -0.4 is 5.73 Å². The summed E-state index contributed by atoms with van der Waals surface area (Å²) in [5.41, 5.74) is 10.4. The summed E-state index contributed by atoms with van der Waals surface area (Å²) in [5.74, 6) is 0.964. The Balaban J connectivity index is 1.80. The summed E-state index contributed by atoms with van der Waals surface area (Å²) >= 11 is 0. The van der Waals surface area contributed by atoms with Crippen LogP contribution in [0.15, 0.2) is 22.9 Å². The fourth-order valence-electron chi connectivity index (χ4n) is 6.09. The number of nitrogens with two attached hydrogens (primary N) is 1. The molecule has 0 bridgehead atoms. The Morgan fingerprint density at radius 3 is 2.59 bits per heavy atom. The van der Waals surface area contributed by atoms with Crippen molar-refractivity contribution in [2.24, 2.45) is 28.4 Å². The smallest absolute Gasteiger partial charge is 0.0599 e. The molecule has 4 N–H and O–H groups in total. The Kier molecular flexibility index (Phi) is 3.09. The highest BCUT2D eigenvalue weighted by molar-refractivity contribution is 5.43. The third-order valence-electron chi connectivity index (χ3n) is 7.63. The zero-order chi connectivity index (χ0) is 15.7. The molecule has 3 nitrogen and oxygen atoms in total. The first-order valence-corrected chi connectivity index (χ1v) is 8.93. The van der Waals surface area contributed by atoms with Crippen LogP contribution in [0.1, 0.15) is 58.8 Å². The van der Waals surface area contributed by atoms with Gasteiger partial charge in [0.15, 0.2) is 0 Å². The number of hydrogen-bond donors (Lipinski definition) is 3. The number of aliphatic hydroxyl groups excluding tert-OH is 2. The second kappa shape index (κ2) is 4.61. The van der Waals surface area contributed by atoms with Gasteiger partial charge in [0.2, 0.25) is 0 Å². The van der Waals surface area contributed by atoms with Crippen molar-refractivity contribution in [3.63, 3.8) is 0 Å². The maximum atomic E-state index is 10.5. The Labute approximate surface area is 133 Å². The Hall–Kier alpha value is -0.800. The fraction of sp³-hybridized carbons (Fsp3) is 0.789. The topological polar surface area (TPSA) is 66.5 Å². The molecule has 4 aliphatic carbocycles. The van der Waals surface area contributed by atoms with Gasteiger partial charge in [-0.05, 0) is 73.8 Å². The Bertz CT molecular complexity index is 566. The molecule has 0 radical (unpaired) electrons. The van der Waals surface area contributed by atoms with Crippen LogP contribution in [-0.2, 0) is 0 Å². The van der Waals surface area contributed by atoms with E-state index in [4.69, 9.17) is 5.73 Å². The molecule has 3 saturated carbocycles. The SMILES string of the molecule is C[C@]12CCC(O)CC1=CC(N)=C1[C@H]2CC[C@]2(C)C(O)CC[C@@H]12. The molecule has 0 saturated heterocycles. The van der Waals surface area contributed by atoms with Crippen molar-refractivity contribution in [3.8, 4) is 0 Å². The van der Waals surface area contributed by atoms with Crippen molar-refractivity contribution in [1.82, 2.24) is 0 Å². The molecule has 0 aromatic carbocycles. The van der Waals surface area contributed by atoms with Crippen molar-refractivity contribution in [3.05, 3.63) is 22.9 Å². The largest absolute Gasteiger partial charge is 0.399 e. The molecule has 6 atom stereocenters. The van der Waals surface area contributed by atoms with Gasteiger partial charge in [-0.25, -0.2) is 0 Å². The van der Waals surface area contributed by atoms with E-state index in [0.29, 0.717) is 11.8 Å². The van der Waals surface area contributed by atoms with Gasteiger partial charge in [-0.1, -0.05) is 19.4 Å². The van der Waals surface area contributed by atoms with E-state index >= 15 is 0 Å². The van der Waals surface area contributed by atoms with Crippen LogP contribution >= 0.6 is 0 Å². The molecule has 4 aliphatic rings. The minimum Gasteiger partial charge on any atom is -0.399 e. The molecule has 0 heterocycles. The molecule has 0 aromatic heterocycles. The van der Waals surface area contributed by atoms with Crippen molar-refractivity contribution >= 4 is 0 Å². The van der Waals surface area contributed by atoms with Crippen LogP contribution in [0.5, 0.6) is 0 Å². The van der Waals surface area contributed by atoms with Gasteiger partial charge in [-0.2, -0.15) is 0 Å². The van der Waals surface area contributed by atoms with Gasteiger partial charge in [0, 0.05) is 11.1 Å². The lowest BCUT2D eigenvalue weighted by Crippen LogP contribution is -2.48. The standard InChI is InChI=1S/C19H29NO2/c1-18-7-5-12(21)9-11(18)10-15(20)17-13-3-4-16(22)19(13,2)8-6-14(17)18/h10,12-14,16,21-22H,3-9,20H2,1-2H3/t12?,13-,14+,16?,18-,19-/m0/s1. The molecule has 122 valence electrons. The summed E-state index contributed by atoms with van der Waals surface area (Å²) in [6.07, 6.45) is 8.77. The van der Waals surface area contributed by atoms with Crippen molar-refractivity contribution in [2.45, 2.75) is 71.0 Å². The van der Waals surface area contributed by atoms with Crippen LogP contribution in [-0.4, -0.2) is 22.4 Å². The molecule has 0 aromatic rings. The van der Waals surface area contributed by atoms with E-state index in [-0.39, 0.29) is 23.0 Å². The Morgan fingerprint density at radius 2 is 1.82 bits per heavy atom.